The van der Waals surface area contributed by atoms with Gasteiger partial charge in [-0.3, -0.25) is 4.90 Å². The Bertz CT molecular complexity index is 403. The Morgan fingerprint density at radius 3 is 2.95 bits per heavy atom. The minimum absolute atomic E-state index is 0.313. The lowest BCUT2D eigenvalue weighted by Crippen LogP contribution is -2.46. The zero-order valence-electron chi connectivity index (χ0n) is 13.2. The molecule has 1 N–H and O–H groups in total. The fourth-order valence-corrected chi connectivity index (χ4v) is 2.50. The lowest BCUT2D eigenvalue weighted by atomic mass is 10.2. The first kappa shape index (κ1) is 15.5. The van der Waals surface area contributed by atoms with Crippen molar-refractivity contribution in [1.29, 1.82) is 0 Å². The van der Waals surface area contributed by atoms with Crippen LogP contribution in [0.5, 0.6) is 0 Å². The summed E-state index contributed by atoms with van der Waals surface area (Å²) < 4.78 is 11.3. The van der Waals surface area contributed by atoms with Crippen molar-refractivity contribution in [1.82, 2.24) is 10.2 Å². The Balaban J connectivity index is 1.82. The largest absolute Gasteiger partial charge is 0.468 e. The Morgan fingerprint density at radius 2 is 2.20 bits per heavy atom. The smallest absolute Gasteiger partial charge is 0.118 e. The molecule has 0 radical (unpaired) electrons. The number of morpholine rings is 1. The van der Waals surface area contributed by atoms with E-state index in [4.69, 9.17) is 9.15 Å². The van der Waals surface area contributed by atoms with E-state index in [2.05, 4.69) is 44.0 Å². The maximum atomic E-state index is 5.69. The molecule has 1 aliphatic heterocycles. The summed E-state index contributed by atoms with van der Waals surface area (Å²) in [6.45, 7) is 13.4. The van der Waals surface area contributed by atoms with E-state index in [9.17, 15) is 0 Å². The van der Waals surface area contributed by atoms with Crippen molar-refractivity contribution >= 4 is 0 Å². The zero-order chi connectivity index (χ0) is 14.5. The summed E-state index contributed by atoms with van der Waals surface area (Å²) in [6.07, 6.45) is 2.19. The predicted molar refractivity (Wildman–Crippen MR) is 80.5 cm³/mol. The molecule has 20 heavy (non-hydrogen) atoms. The number of nitrogens with one attached hydrogen (secondary N) is 1. The second kappa shape index (κ2) is 7.25. The van der Waals surface area contributed by atoms with Gasteiger partial charge in [-0.1, -0.05) is 13.8 Å². The number of furan rings is 1. The van der Waals surface area contributed by atoms with Crippen LogP contribution >= 0.6 is 0 Å². The molecule has 2 unspecified atom stereocenters. The van der Waals surface area contributed by atoms with Gasteiger partial charge in [-0.2, -0.15) is 0 Å². The van der Waals surface area contributed by atoms with Gasteiger partial charge in [-0.05, 0) is 32.4 Å². The average Bonchev–Trinajstić information content (AvgIpc) is 2.81. The molecule has 0 saturated carbocycles. The highest BCUT2D eigenvalue weighted by Crippen LogP contribution is 2.17. The van der Waals surface area contributed by atoms with Gasteiger partial charge in [-0.25, -0.2) is 0 Å². The molecule has 0 aliphatic carbocycles. The lowest BCUT2D eigenvalue weighted by Gasteiger charge is -2.36. The number of rotatable bonds is 6. The molecule has 2 rings (SSSR count). The van der Waals surface area contributed by atoms with E-state index in [1.54, 1.807) is 0 Å². The Labute approximate surface area is 122 Å². The monoisotopic (exact) mass is 280 g/mol. The third-order valence-corrected chi connectivity index (χ3v) is 3.69. The van der Waals surface area contributed by atoms with E-state index in [-0.39, 0.29) is 0 Å². The summed E-state index contributed by atoms with van der Waals surface area (Å²) in [7, 11) is 0. The lowest BCUT2D eigenvalue weighted by molar-refractivity contribution is -0.0545. The molecule has 4 heteroatoms. The number of nitrogens with zero attached hydrogens (tertiary/aromatic N) is 1. The van der Waals surface area contributed by atoms with Gasteiger partial charge >= 0.3 is 0 Å². The second-order valence-corrected chi connectivity index (χ2v) is 6.37. The van der Waals surface area contributed by atoms with E-state index in [1.807, 2.05) is 6.26 Å². The Morgan fingerprint density at radius 1 is 1.40 bits per heavy atom. The first-order valence-electron chi connectivity index (χ1n) is 7.67. The molecule has 1 fully saturated rings. The molecule has 1 aromatic rings. The zero-order valence-corrected chi connectivity index (χ0v) is 13.2. The summed E-state index contributed by atoms with van der Waals surface area (Å²) in [5, 5.41) is 3.44. The van der Waals surface area contributed by atoms with Gasteiger partial charge in [0, 0.05) is 24.7 Å². The van der Waals surface area contributed by atoms with Crippen LogP contribution in [0.25, 0.3) is 0 Å². The van der Waals surface area contributed by atoms with Crippen LogP contribution in [0, 0.1) is 5.92 Å². The van der Waals surface area contributed by atoms with Crippen molar-refractivity contribution < 1.29 is 9.15 Å². The molecule has 2 atom stereocenters. The van der Waals surface area contributed by atoms with Crippen LogP contribution in [0.4, 0.5) is 0 Å². The predicted octanol–water partition coefficient (Wildman–Crippen LogP) is 2.63. The van der Waals surface area contributed by atoms with Gasteiger partial charge in [-0.15, -0.1) is 0 Å². The Kier molecular flexibility index (Phi) is 5.64. The molecule has 0 aromatic carbocycles. The SMILES string of the molecule is CC(C)CNCc1coc(CN2CC(C)OCC2C)c1. The maximum Gasteiger partial charge on any atom is 0.118 e. The third kappa shape index (κ3) is 4.62. The van der Waals surface area contributed by atoms with Gasteiger partial charge in [0.2, 0.25) is 0 Å². The van der Waals surface area contributed by atoms with Crippen molar-refractivity contribution in [2.45, 2.75) is 52.9 Å². The molecule has 2 heterocycles. The molecule has 4 nitrogen and oxygen atoms in total. The fraction of sp³-hybridized carbons (Fsp3) is 0.750. The van der Waals surface area contributed by atoms with Crippen LogP contribution in [-0.2, 0) is 17.8 Å². The number of hydrogen-bond acceptors (Lipinski definition) is 4. The van der Waals surface area contributed by atoms with Crippen LogP contribution in [0.1, 0.15) is 39.0 Å². The molecular weight excluding hydrogens is 252 g/mol. The highest BCUT2D eigenvalue weighted by atomic mass is 16.5. The van der Waals surface area contributed by atoms with Crippen molar-refractivity contribution in [2.24, 2.45) is 5.92 Å². The minimum atomic E-state index is 0.313. The first-order chi connectivity index (χ1) is 9.54. The minimum Gasteiger partial charge on any atom is -0.468 e. The van der Waals surface area contributed by atoms with E-state index in [0.29, 0.717) is 18.1 Å². The van der Waals surface area contributed by atoms with E-state index < -0.39 is 0 Å². The van der Waals surface area contributed by atoms with Crippen LogP contribution in [0.2, 0.25) is 0 Å². The fourth-order valence-electron chi connectivity index (χ4n) is 2.50. The van der Waals surface area contributed by atoms with Crippen LogP contribution in [0.15, 0.2) is 16.7 Å². The van der Waals surface area contributed by atoms with Crippen LogP contribution in [0.3, 0.4) is 0 Å². The van der Waals surface area contributed by atoms with E-state index >= 15 is 0 Å². The second-order valence-electron chi connectivity index (χ2n) is 6.37. The Hall–Kier alpha value is -0.840. The van der Waals surface area contributed by atoms with Crippen molar-refractivity contribution in [3.8, 4) is 0 Å². The molecule has 114 valence electrons. The van der Waals surface area contributed by atoms with Gasteiger partial charge in [0.25, 0.3) is 0 Å². The number of hydrogen-bond donors (Lipinski definition) is 1. The average molecular weight is 280 g/mol. The maximum absolute atomic E-state index is 5.69. The first-order valence-corrected chi connectivity index (χ1v) is 7.67. The number of ether oxygens (including phenoxy) is 1. The highest BCUT2D eigenvalue weighted by molar-refractivity contribution is 5.12. The molecule has 1 aromatic heterocycles. The van der Waals surface area contributed by atoms with Crippen LogP contribution < -0.4 is 5.32 Å². The molecule has 1 saturated heterocycles. The summed E-state index contributed by atoms with van der Waals surface area (Å²) >= 11 is 0. The standard InChI is InChI=1S/C16H28N2O2/c1-12(2)6-17-7-15-5-16(20-11-15)9-18-8-14(4)19-10-13(18)3/h5,11-14,17H,6-10H2,1-4H3. The summed E-state index contributed by atoms with van der Waals surface area (Å²) in [4.78, 5) is 2.43. The van der Waals surface area contributed by atoms with Gasteiger partial charge < -0.3 is 14.5 Å². The topological polar surface area (TPSA) is 37.6 Å². The molecule has 0 amide bonds. The van der Waals surface area contributed by atoms with Crippen molar-refractivity contribution in [3.63, 3.8) is 0 Å². The van der Waals surface area contributed by atoms with Gasteiger partial charge in [0.1, 0.15) is 5.76 Å². The molecule has 0 spiro atoms. The highest BCUT2D eigenvalue weighted by Gasteiger charge is 2.24. The van der Waals surface area contributed by atoms with E-state index in [1.165, 1.54) is 5.56 Å². The molecular formula is C16H28N2O2. The summed E-state index contributed by atoms with van der Waals surface area (Å²) in [5.41, 5.74) is 1.23. The van der Waals surface area contributed by atoms with Crippen LogP contribution in [-0.4, -0.2) is 36.7 Å². The summed E-state index contributed by atoms with van der Waals surface area (Å²) in [5.74, 6) is 1.73. The summed E-state index contributed by atoms with van der Waals surface area (Å²) in [6, 6.07) is 2.62. The normalized spacial score (nSPS) is 24.4. The molecule has 0 bridgehead atoms. The van der Waals surface area contributed by atoms with Gasteiger partial charge in [0.05, 0.1) is 25.5 Å². The molecule has 1 aliphatic rings. The van der Waals surface area contributed by atoms with Gasteiger partial charge in [0.15, 0.2) is 0 Å². The quantitative estimate of drug-likeness (QED) is 0.869. The van der Waals surface area contributed by atoms with Crippen molar-refractivity contribution in [2.75, 3.05) is 19.7 Å². The van der Waals surface area contributed by atoms with Crippen molar-refractivity contribution in [3.05, 3.63) is 23.7 Å². The van der Waals surface area contributed by atoms with E-state index in [0.717, 1.165) is 38.5 Å². The third-order valence-electron chi connectivity index (χ3n) is 3.69.